The Bertz CT molecular complexity index is 2210. The predicted molar refractivity (Wildman–Crippen MR) is 185 cm³/mol. The summed E-state index contributed by atoms with van der Waals surface area (Å²) in [7, 11) is 0. The van der Waals surface area contributed by atoms with E-state index >= 15 is 0 Å². The lowest BCUT2D eigenvalue weighted by molar-refractivity contribution is 1.53. The van der Waals surface area contributed by atoms with Gasteiger partial charge in [0.15, 0.2) is 0 Å². The maximum atomic E-state index is 3.73. The fourth-order valence-electron chi connectivity index (χ4n) is 6.46. The molecule has 1 N–H and O–H groups in total. The first-order valence-electron chi connectivity index (χ1n) is 14.8. The zero-order chi connectivity index (χ0) is 28.6. The summed E-state index contributed by atoms with van der Waals surface area (Å²) in [6.45, 7) is 0. The van der Waals surface area contributed by atoms with Crippen LogP contribution >= 0.6 is 0 Å². The molecule has 8 aromatic rings. The summed E-state index contributed by atoms with van der Waals surface area (Å²) in [5.41, 5.74) is 9.51. The predicted octanol–water partition coefficient (Wildman–Crippen LogP) is 11.9. The summed E-state index contributed by atoms with van der Waals surface area (Å²) in [6, 6.07) is 61.0. The van der Waals surface area contributed by atoms with Gasteiger partial charge in [0.25, 0.3) is 0 Å². The Kier molecular flexibility index (Phi) is 6.20. The second-order valence-corrected chi connectivity index (χ2v) is 11.0. The summed E-state index contributed by atoms with van der Waals surface area (Å²) in [5, 5.41) is 11.3. The number of nitrogens with one attached hydrogen (secondary N) is 1. The molecular weight excluding hydrogens is 518 g/mol. The summed E-state index contributed by atoms with van der Waals surface area (Å²) >= 11 is 0. The molecule has 0 atom stereocenters. The van der Waals surface area contributed by atoms with Gasteiger partial charge in [-0.15, -0.1) is 0 Å². The van der Waals surface area contributed by atoms with Crippen LogP contribution in [0.3, 0.4) is 0 Å². The normalized spacial score (nSPS) is 11.3. The van der Waals surface area contributed by atoms with Crippen LogP contribution in [0.1, 0.15) is 0 Å². The number of rotatable bonds is 5. The standard InChI is InChI=1S/C42H29N/c1-2-14-30(15-3-1)35-19-10-11-24-40(35)43-34-18-12-17-32(28-34)41-36-20-6-8-22-38(36)42(39-23-9-7-21-37(39)41)33-26-25-29-13-4-5-16-31(29)27-33/h1-28,43H. The summed E-state index contributed by atoms with van der Waals surface area (Å²) in [5.74, 6) is 0. The molecule has 202 valence electrons. The van der Waals surface area contributed by atoms with Crippen LogP contribution in [0.15, 0.2) is 170 Å². The highest BCUT2D eigenvalue weighted by atomic mass is 14.9. The molecule has 1 nitrogen and oxygen atoms in total. The molecule has 0 aliphatic carbocycles. The van der Waals surface area contributed by atoms with Crippen molar-refractivity contribution in [3.05, 3.63) is 170 Å². The average molecular weight is 548 g/mol. The maximum absolute atomic E-state index is 3.73. The molecule has 0 saturated heterocycles. The maximum Gasteiger partial charge on any atom is 0.0463 e. The van der Waals surface area contributed by atoms with Gasteiger partial charge in [0.05, 0.1) is 0 Å². The molecule has 0 fully saturated rings. The third-order valence-corrected chi connectivity index (χ3v) is 8.41. The lowest BCUT2D eigenvalue weighted by Crippen LogP contribution is -1.95. The Morgan fingerprint density at radius 1 is 0.326 bits per heavy atom. The molecule has 0 bridgehead atoms. The molecule has 8 aromatic carbocycles. The van der Waals surface area contributed by atoms with E-state index in [1.165, 1.54) is 65.7 Å². The van der Waals surface area contributed by atoms with Gasteiger partial charge in [-0.3, -0.25) is 0 Å². The first kappa shape index (κ1) is 25.1. The smallest absolute Gasteiger partial charge is 0.0463 e. The molecule has 0 aromatic heterocycles. The summed E-state index contributed by atoms with van der Waals surface area (Å²) < 4.78 is 0. The van der Waals surface area contributed by atoms with Gasteiger partial charge in [0.2, 0.25) is 0 Å². The lowest BCUT2D eigenvalue weighted by Gasteiger charge is -2.19. The van der Waals surface area contributed by atoms with Crippen LogP contribution in [0.5, 0.6) is 0 Å². The molecule has 0 aliphatic rings. The van der Waals surface area contributed by atoms with E-state index in [9.17, 15) is 0 Å². The van der Waals surface area contributed by atoms with Crippen molar-refractivity contribution >= 4 is 43.7 Å². The number of benzene rings is 8. The fraction of sp³-hybridized carbons (Fsp3) is 0. The van der Waals surface area contributed by atoms with Gasteiger partial charge in [-0.1, -0.05) is 146 Å². The Morgan fingerprint density at radius 3 is 1.56 bits per heavy atom. The molecule has 0 spiro atoms. The van der Waals surface area contributed by atoms with Gasteiger partial charge >= 0.3 is 0 Å². The molecule has 0 radical (unpaired) electrons. The van der Waals surface area contributed by atoms with E-state index in [0.717, 1.165) is 11.4 Å². The molecule has 0 aliphatic heterocycles. The van der Waals surface area contributed by atoms with Crippen molar-refractivity contribution in [2.24, 2.45) is 0 Å². The minimum atomic E-state index is 1.06. The molecular formula is C42H29N. The van der Waals surface area contributed by atoms with E-state index in [1.54, 1.807) is 0 Å². The highest BCUT2D eigenvalue weighted by Crippen LogP contribution is 2.44. The molecule has 0 saturated carbocycles. The Hall–Kier alpha value is -5.66. The van der Waals surface area contributed by atoms with Crippen LogP contribution in [0.25, 0.3) is 65.7 Å². The van der Waals surface area contributed by atoms with Crippen molar-refractivity contribution in [2.45, 2.75) is 0 Å². The quantitative estimate of drug-likeness (QED) is 0.211. The molecule has 1 heteroatoms. The van der Waals surface area contributed by atoms with E-state index in [-0.39, 0.29) is 0 Å². The van der Waals surface area contributed by atoms with Crippen LogP contribution in [0.4, 0.5) is 11.4 Å². The van der Waals surface area contributed by atoms with Crippen molar-refractivity contribution in [1.29, 1.82) is 0 Å². The molecule has 43 heavy (non-hydrogen) atoms. The minimum absolute atomic E-state index is 1.06. The van der Waals surface area contributed by atoms with Crippen molar-refractivity contribution in [2.75, 3.05) is 5.32 Å². The van der Waals surface area contributed by atoms with Gasteiger partial charge in [0, 0.05) is 16.9 Å². The molecule has 8 rings (SSSR count). The molecule has 0 amide bonds. The highest BCUT2D eigenvalue weighted by molar-refractivity contribution is 6.21. The first-order chi connectivity index (χ1) is 21.3. The zero-order valence-electron chi connectivity index (χ0n) is 23.7. The third-order valence-electron chi connectivity index (χ3n) is 8.41. The van der Waals surface area contributed by atoms with Crippen LogP contribution in [-0.2, 0) is 0 Å². The summed E-state index contributed by atoms with van der Waals surface area (Å²) in [4.78, 5) is 0. The molecule has 0 heterocycles. The van der Waals surface area contributed by atoms with Crippen molar-refractivity contribution in [1.82, 2.24) is 0 Å². The second kappa shape index (κ2) is 10.6. The van der Waals surface area contributed by atoms with Crippen molar-refractivity contribution < 1.29 is 0 Å². The average Bonchev–Trinajstić information content (AvgIpc) is 3.07. The number of hydrogen-bond donors (Lipinski definition) is 1. The highest BCUT2D eigenvalue weighted by Gasteiger charge is 2.17. The van der Waals surface area contributed by atoms with Gasteiger partial charge in [-0.25, -0.2) is 0 Å². The fourth-order valence-corrected chi connectivity index (χ4v) is 6.46. The lowest BCUT2D eigenvalue weighted by atomic mass is 9.85. The van der Waals surface area contributed by atoms with Crippen molar-refractivity contribution in [3.63, 3.8) is 0 Å². The Morgan fingerprint density at radius 2 is 0.860 bits per heavy atom. The van der Waals surface area contributed by atoms with Crippen LogP contribution in [-0.4, -0.2) is 0 Å². The van der Waals surface area contributed by atoms with Gasteiger partial charge < -0.3 is 5.32 Å². The number of hydrogen-bond acceptors (Lipinski definition) is 1. The van der Waals surface area contributed by atoms with Crippen LogP contribution in [0, 0.1) is 0 Å². The second-order valence-electron chi connectivity index (χ2n) is 11.0. The Labute approximate surface area is 251 Å². The van der Waals surface area contributed by atoms with Crippen LogP contribution < -0.4 is 5.32 Å². The Balaban J connectivity index is 1.31. The van der Waals surface area contributed by atoms with Crippen molar-refractivity contribution in [3.8, 4) is 33.4 Å². The van der Waals surface area contributed by atoms with Gasteiger partial charge in [0.1, 0.15) is 0 Å². The first-order valence-corrected chi connectivity index (χ1v) is 14.8. The topological polar surface area (TPSA) is 12.0 Å². The van der Waals surface area contributed by atoms with E-state index in [1.807, 2.05) is 0 Å². The number of fused-ring (bicyclic) bond motifs is 3. The van der Waals surface area contributed by atoms with Gasteiger partial charge in [-0.2, -0.15) is 0 Å². The SMILES string of the molecule is c1ccc(-c2ccccc2Nc2cccc(-c3c4ccccc4c(-c4ccc5ccccc5c4)c4ccccc34)c2)cc1. The van der Waals surface area contributed by atoms with Crippen LogP contribution in [0.2, 0.25) is 0 Å². The van der Waals surface area contributed by atoms with E-state index in [4.69, 9.17) is 0 Å². The number of para-hydroxylation sites is 1. The largest absolute Gasteiger partial charge is 0.355 e. The monoisotopic (exact) mass is 547 g/mol. The van der Waals surface area contributed by atoms with Gasteiger partial charge in [-0.05, 0) is 84.4 Å². The zero-order valence-corrected chi connectivity index (χ0v) is 23.7. The molecule has 0 unspecified atom stereocenters. The summed E-state index contributed by atoms with van der Waals surface area (Å²) in [6.07, 6.45) is 0. The third kappa shape index (κ3) is 4.52. The number of anilines is 2. The van der Waals surface area contributed by atoms with E-state index < -0.39 is 0 Å². The van der Waals surface area contributed by atoms with E-state index in [0.29, 0.717) is 0 Å². The van der Waals surface area contributed by atoms with E-state index in [2.05, 4.69) is 175 Å². The minimum Gasteiger partial charge on any atom is -0.355 e.